The number of ether oxygens (including phenoxy) is 2. The van der Waals surface area contributed by atoms with Crippen molar-refractivity contribution in [3.63, 3.8) is 0 Å². The minimum absolute atomic E-state index is 0.421. The Morgan fingerprint density at radius 2 is 2.13 bits per heavy atom. The summed E-state index contributed by atoms with van der Waals surface area (Å²) in [5.74, 6) is 1.31. The number of aryl methyl sites for hydroxylation is 1. The van der Waals surface area contributed by atoms with E-state index in [0.717, 1.165) is 24.1 Å². The molecule has 0 atom stereocenters. The molecule has 2 heterocycles. The summed E-state index contributed by atoms with van der Waals surface area (Å²) in [5.41, 5.74) is 1.69. The molecular weight excluding hydrogens is 314 g/mol. The average Bonchev–Trinajstić information content (AvgIpc) is 3.11. The highest BCUT2D eigenvalue weighted by Gasteiger charge is 2.20. The first-order valence-electron chi connectivity index (χ1n) is 7.27. The molecule has 0 radical (unpaired) electrons. The molecule has 0 amide bonds. The first kappa shape index (κ1) is 15.5. The van der Waals surface area contributed by atoms with Gasteiger partial charge in [0.2, 0.25) is 4.96 Å². The van der Waals surface area contributed by atoms with Gasteiger partial charge in [0.05, 0.1) is 14.2 Å². The van der Waals surface area contributed by atoms with E-state index in [2.05, 4.69) is 17.0 Å². The van der Waals surface area contributed by atoms with Gasteiger partial charge in [0.15, 0.2) is 6.29 Å². The van der Waals surface area contributed by atoms with Gasteiger partial charge in [-0.2, -0.15) is 9.61 Å². The molecule has 0 bridgehead atoms. The molecule has 0 spiro atoms. The SMILES string of the molecule is CCCc1nn2c(C=O)c(-c3cc(OC)ccc3OC)nc2s1. The van der Waals surface area contributed by atoms with Gasteiger partial charge in [-0.3, -0.25) is 4.79 Å². The highest BCUT2D eigenvalue weighted by atomic mass is 32.1. The maximum Gasteiger partial charge on any atom is 0.213 e. The molecule has 0 N–H and O–H groups in total. The number of nitrogens with zero attached hydrogens (tertiary/aromatic N) is 3. The number of benzene rings is 1. The van der Waals surface area contributed by atoms with Gasteiger partial charge in [-0.1, -0.05) is 18.3 Å². The fraction of sp³-hybridized carbons (Fsp3) is 0.312. The van der Waals surface area contributed by atoms with Crippen molar-refractivity contribution in [2.75, 3.05) is 14.2 Å². The minimum Gasteiger partial charge on any atom is -0.497 e. The van der Waals surface area contributed by atoms with Gasteiger partial charge in [-0.05, 0) is 24.6 Å². The highest BCUT2D eigenvalue weighted by Crippen LogP contribution is 2.35. The number of aldehydes is 1. The van der Waals surface area contributed by atoms with E-state index in [0.29, 0.717) is 33.4 Å². The average molecular weight is 331 g/mol. The zero-order valence-corrected chi connectivity index (χ0v) is 14.0. The number of fused-ring (bicyclic) bond motifs is 1. The number of methoxy groups -OCH3 is 2. The van der Waals surface area contributed by atoms with Gasteiger partial charge < -0.3 is 9.47 Å². The molecule has 0 aliphatic heterocycles. The monoisotopic (exact) mass is 331 g/mol. The lowest BCUT2D eigenvalue weighted by molar-refractivity contribution is 0.111. The van der Waals surface area contributed by atoms with E-state index in [1.807, 2.05) is 6.07 Å². The lowest BCUT2D eigenvalue weighted by Crippen LogP contribution is -1.97. The van der Waals surface area contributed by atoms with Crippen molar-refractivity contribution >= 4 is 22.6 Å². The Hall–Kier alpha value is -2.41. The van der Waals surface area contributed by atoms with E-state index >= 15 is 0 Å². The lowest BCUT2D eigenvalue weighted by Gasteiger charge is -2.09. The number of carbonyl (C=O) groups is 1. The van der Waals surface area contributed by atoms with Crippen molar-refractivity contribution in [3.05, 3.63) is 28.9 Å². The number of aromatic nitrogens is 3. The second-order valence-corrected chi connectivity index (χ2v) is 6.01. The summed E-state index contributed by atoms with van der Waals surface area (Å²) in [6, 6.07) is 5.41. The van der Waals surface area contributed by atoms with E-state index in [1.165, 1.54) is 11.3 Å². The summed E-state index contributed by atoms with van der Waals surface area (Å²) in [6.07, 6.45) is 2.66. The smallest absolute Gasteiger partial charge is 0.213 e. The topological polar surface area (TPSA) is 65.7 Å². The van der Waals surface area contributed by atoms with Crippen LogP contribution in [0.1, 0.15) is 28.8 Å². The fourth-order valence-corrected chi connectivity index (χ4v) is 3.42. The predicted octanol–water partition coefficient (Wildman–Crippen LogP) is 3.24. The summed E-state index contributed by atoms with van der Waals surface area (Å²) in [5, 5.41) is 5.46. The van der Waals surface area contributed by atoms with E-state index in [-0.39, 0.29) is 0 Å². The molecule has 0 aliphatic rings. The molecular formula is C16H17N3O3S. The van der Waals surface area contributed by atoms with Crippen molar-refractivity contribution < 1.29 is 14.3 Å². The summed E-state index contributed by atoms with van der Waals surface area (Å²) in [4.78, 5) is 16.9. The van der Waals surface area contributed by atoms with E-state index in [1.54, 1.807) is 30.9 Å². The summed E-state index contributed by atoms with van der Waals surface area (Å²) < 4.78 is 12.3. The number of carbonyl (C=O) groups excluding carboxylic acids is 1. The number of hydrogen-bond donors (Lipinski definition) is 0. The van der Waals surface area contributed by atoms with Crippen LogP contribution in [0.5, 0.6) is 11.5 Å². The molecule has 120 valence electrons. The third-order valence-electron chi connectivity index (χ3n) is 3.52. The maximum absolute atomic E-state index is 11.6. The van der Waals surface area contributed by atoms with Crippen LogP contribution < -0.4 is 9.47 Å². The molecule has 0 fully saturated rings. The van der Waals surface area contributed by atoms with E-state index in [4.69, 9.17) is 9.47 Å². The normalized spacial score (nSPS) is 10.9. The van der Waals surface area contributed by atoms with Crippen molar-refractivity contribution in [1.82, 2.24) is 14.6 Å². The van der Waals surface area contributed by atoms with Crippen LogP contribution in [0.2, 0.25) is 0 Å². The van der Waals surface area contributed by atoms with Crippen molar-refractivity contribution in [2.45, 2.75) is 19.8 Å². The standard InChI is InChI=1S/C16H17N3O3S/c1-4-5-14-18-19-12(9-20)15(17-16(19)23-14)11-8-10(21-2)6-7-13(11)22-3/h6-9H,4-5H2,1-3H3. The maximum atomic E-state index is 11.6. The lowest BCUT2D eigenvalue weighted by atomic mass is 10.1. The Bertz CT molecular complexity index is 854. The molecule has 0 aliphatic carbocycles. The molecule has 3 aromatic rings. The van der Waals surface area contributed by atoms with Crippen LogP contribution in [0.4, 0.5) is 0 Å². The summed E-state index contributed by atoms with van der Waals surface area (Å²) >= 11 is 1.50. The van der Waals surface area contributed by atoms with Crippen LogP contribution in [-0.2, 0) is 6.42 Å². The van der Waals surface area contributed by atoms with Gasteiger partial charge in [0.1, 0.15) is 27.9 Å². The third-order valence-corrected chi connectivity index (χ3v) is 4.49. The minimum atomic E-state index is 0.421. The molecule has 1 aromatic carbocycles. The predicted molar refractivity (Wildman–Crippen MR) is 88.8 cm³/mol. The van der Waals surface area contributed by atoms with Gasteiger partial charge >= 0.3 is 0 Å². The van der Waals surface area contributed by atoms with Crippen LogP contribution in [0.3, 0.4) is 0 Å². The third kappa shape index (κ3) is 2.68. The Balaban J connectivity index is 2.19. The molecule has 6 nitrogen and oxygen atoms in total. The Labute approximate surface area is 137 Å². The zero-order chi connectivity index (χ0) is 16.4. The molecule has 7 heteroatoms. The van der Waals surface area contributed by atoms with Crippen molar-refractivity contribution in [3.8, 4) is 22.8 Å². The van der Waals surface area contributed by atoms with Crippen LogP contribution in [-0.4, -0.2) is 35.1 Å². The fourth-order valence-electron chi connectivity index (χ4n) is 2.42. The zero-order valence-electron chi connectivity index (χ0n) is 13.2. The molecule has 0 saturated carbocycles. The number of imidazole rings is 1. The largest absolute Gasteiger partial charge is 0.497 e. The Morgan fingerprint density at radius 3 is 2.78 bits per heavy atom. The number of hydrogen-bond acceptors (Lipinski definition) is 6. The van der Waals surface area contributed by atoms with Crippen LogP contribution >= 0.6 is 11.3 Å². The highest BCUT2D eigenvalue weighted by molar-refractivity contribution is 7.16. The second kappa shape index (κ2) is 6.37. The second-order valence-electron chi connectivity index (χ2n) is 4.97. The van der Waals surface area contributed by atoms with Crippen LogP contribution in [0.15, 0.2) is 18.2 Å². The van der Waals surface area contributed by atoms with Gasteiger partial charge in [0.25, 0.3) is 0 Å². The summed E-state index contributed by atoms with van der Waals surface area (Å²) in [7, 11) is 3.18. The van der Waals surface area contributed by atoms with Crippen molar-refractivity contribution in [1.29, 1.82) is 0 Å². The quantitative estimate of drug-likeness (QED) is 0.649. The number of rotatable bonds is 6. The molecule has 0 saturated heterocycles. The Morgan fingerprint density at radius 1 is 1.30 bits per heavy atom. The van der Waals surface area contributed by atoms with E-state index in [9.17, 15) is 4.79 Å². The van der Waals surface area contributed by atoms with Gasteiger partial charge in [-0.25, -0.2) is 4.98 Å². The first-order chi connectivity index (χ1) is 11.2. The van der Waals surface area contributed by atoms with Crippen LogP contribution in [0.25, 0.3) is 16.2 Å². The summed E-state index contributed by atoms with van der Waals surface area (Å²) in [6.45, 7) is 2.09. The van der Waals surface area contributed by atoms with Gasteiger partial charge in [-0.15, -0.1) is 0 Å². The van der Waals surface area contributed by atoms with Crippen molar-refractivity contribution in [2.24, 2.45) is 0 Å². The Kier molecular flexibility index (Phi) is 4.29. The molecule has 3 rings (SSSR count). The molecule has 0 unspecified atom stereocenters. The van der Waals surface area contributed by atoms with Crippen LogP contribution in [0, 0.1) is 0 Å². The molecule has 23 heavy (non-hydrogen) atoms. The van der Waals surface area contributed by atoms with Gasteiger partial charge in [0, 0.05) is 12.0 Å². The van der Waals surface area contributed by atoms with E-state index < -0.39 is 0 Å². The first-order valence-corrected chi connectivity index (χ1v) is 8.09. The molecule has 2 aromatic heterocycles.